The van der Waals surface area contributed by atoms with Gasteiger partial charge in [-0.1, -0.05) is 39.0 Å². The summed E-state index contributed by atoms with van der Waals surface area (Å²) in [6, 6.07) is 7.73. The SMILES string of the molecule is COC(=O)/C=C/c1cccc2cc(C)n(C(=O)C(C)(C)C)c12. The number of para-hydroxylation sites is 1. The van der Waals surface area contributed by atoms with Gasteiger partial charge in [0, 0.05) is 22.6 Å². The van der Waals surface area contributed by atoms with Crippen molar-refractivity contribution in [3.63, 3.8) is 0 Å². The van der Waals surface area contributed by atoms with Crippen molar-refractivity contribution in [2.24, 2.45) is 5.41 Å². The molecule has 0 spiro atoms. The van der Waals surface area contributed by atoms with Gasteiger partial charge in [0.2, 0.25) is 5.91 Å². The highest BCUT2D eigenvalue weighted by molar-refractivity contribution is 6.00. The van der Waals surface area contributed by atoms with E-state index in [2.05, 4.69) is 4.74 Å². The molecule has 0 bridgehead atoms. The van der Waals surface area contributed by atoms with Gasteiger partial charge in [-0.05, 0) is 24.6 Å². The minimum atomic E-state index is -0.490. The van der Waals surface area contributed by atoms with E-state index in [0.29, 0.717) is 0 Å². The van der Waals surface area contributed by atoms with Crippen LogP contribution in [-0.2, 0) is 9.53 Å². The number of esters is 1. The number of hydrogen-bond donors (Lipinski definition) is 0. The molecule has 1 aromatic heterocycles. The highest BCUT2D eigenvalue weighted by Gasteiger charge is 2.26. The summed E-state index contributed by atoms with van der Waals surface area (Å²) in [6.45, 7) is 7.60. The molecular weight excluding hydrogens is 278 g/mol. The number of hydrogen-bond acceptors (Lipinski definition) is 3. The number of methoxy groups -OCH3 is 1. The van der Waals surface area contributed by atoms with E-state index in [9.17, 15) is 9.59 Å². The molecule has 2 rings (SSSR count). The lowest BCUT2D eigenvalue weighted by Crippen LogP contribution is -2.27. The molecule has 0 aliphatic carbocycles. The maximum absolute atomic E-state index is 12.8. The molecule has 0 radical (unpaired) electrons. The number of ether oxygens (including phenoxy) is 1. The summed E-state index contributed by atoms with van der Waals surface area (Å²) >= 11 is 0. The Bertz CT molecular complexity index is 760. The van der Waals surface area contributed by atoms with Crippen LogP contribution < -0.4 is 0 Å². The molecule has 0 unspecified atom stereocenters. The summed E-state index contributed by atoms with van der Waals surface area (Å²) < 4.78 is 6.35. The van der Waals surface area contributed by atoms with E-state index >= 15 is 0 Å². The third kappa shape index (κ3) is 2.96. The number of aryl methyl sites for hydroxylation is 1. The second-order valence-corrected chi connectivity index (χ2v) is 6.32. The van der Waals surface area contributed by atoms with E-state index in [4.69, 9.17) is 0 Å². The Hall–Kier alpha value is -2.36. The standard InChI is InChI=1S/C18H21NO3/c1-12-11-14-8-6-7-13(9-10-15(20)22-5)16(14)19(12)17(21)18(2,3)4/h6-11H,1-5H3/b10-9+. The smallest absolute Gasteiger partial charge is 0.330 e. The molecule has 2 aromatic rings. The third-order valence-corrected chi connectivity index (χ3v) is 3.48. The number of carbonyl (C=O) groups excluding carboxylic acids is 2. The first kappa shape index (κ1) is 16.0. The second kappa shape index (κ2) is 5.79. The lowest BCUT2D eigenvalue weighted by molar-refractivity contribution is -0.134. The number of aromatic nitrogens is 1. The van der Waals surface area contributed by atoms with Gasteiger partial charge in [-0.2, -0.15) is 0 Å². The second-order valence-electron chi connectivity index (χ2n) is 6.32. The van der Waals surface area contributed by atoms with E-state index in [0.717, 1.165) is 22.2 Å². The summed E-state index contributed by atoms with van der Waals surface area (Å²) in [7, 11) is 1.34. The molecule has 0 saturated carbocycles. The van der Waals surface area contributed by atoms with Crippen LogP contribution in [0.3, 0.4) is 0 Å². The number of nitrogens with zero attached hydrogens (tertiary/aromatic N) is 1. The molecule has 4 nitrogen and oxygen atoms in total. The number of benzene rings is 1. The van der Waals surface area contributed by atoms with Crippen molar-refractivity contribution in [3.8, 4) is 0 Å². The molecule has 0 atom stereocenters. The predicted octanol–water partition coefficient (Wildman–Crippen LogP) is 3.82. The first-order valence-electron chi connectivity index (χ1n) is 7.17. The molecule has 0 fully saturated rings. The van der Waals surface area contributed by atoms with Crippen molar-refractivity contribution >= 4 is 28.9 Å². The van der Waals surface area contributed by atoms with Crippen LogP contribution in [0.2, 0.25) is 0 Å². The van der Waals surface area contributed by atoms with Crippen molar-refractivity contribution in [2.75, 3.05) is 7.11 Å². The molecule has 116 valence electrons. The first-order valence-corrected chi connectivity index (χ1v) is 7.17. The summed E-state index contributed by atoms with van der Waals surface area (Å²) in [4.78, 5) is 24.1. The minimum Gasteiger partial charge on any atom is -0.466 e. The van der Waals surface area contributed by atoms with Crippen LogP contribution >= 0.6 is 0 Å². The molecule has 1 aromatic carbocycles. The van der Waals surface area contributed by atoms with Gasteiger partial charge < -0.3 is 4.74 Å². The molecule has 0 N–H and O–H groups in total. The molecule has 22 heavy (non-hydrogen) atoms. The zero-order valence-corrected chi connectivity index (χ0v) is 13.6. The van der Waals surface area contributed by atoms with Crippen molar-refractivity contribution < 1.29 is 14.3 Å². The quantitative estimate of drug-likeness (QED) is 0.625. The molecule has 0 amide bonds. The lowest BCUT2D eigenvalue weighted by Gasteiger charge is -2.20. The van der Waals surface area contributed by atoms with Crippen LogP contribution in [0.4, 0.5) is 0 Å². The van der Waals surface area contributed by atoms with Crippen LogP contribution in [-0.4, -0.2) is 23.6 Å². The maximum Gasteiger partial charge on any atom is 0.330 e. The fourth-order valence-electron chi connectivity index (χ4n) is 2.38. The average Bonchev–Trinajstić information content (AvgIpc) is 2.79. The first-order chi connectivity index (χ1) is 10.3. The third-order valence-electron chi connectivity index (χ3n) is 3.48. The van der Waals surface area contributed by atoms with Crippen molar-refractivity contribution in [2.45, 2.75) is 27.7 Å². The Kier molecular flexibility index (Phi) is 4.22. The van der Waals surface area contributed by atoms with Gasteiger partial charge in [-0.25, -0.2) is 4.79 Å². The monoisotopic (exact) mass is 299 g/mol. The van der Waals surface area contributed by atoms with E-state index in [1.54, 1.807) is 10.6 Å². The Morgan fingerprint density at radius 3 is 2.50 bits per heavy atom. The molecule has 0 aliphatic heterocycles. The lowest BCUT2D eigenvalue weighted by atomic mass is 9.95. The van der Waals surface area contributed by atoms with Crippen LogP contribution in [0.25, 0.3) is 17.0 Å². The highest BCUT2D eigenvalue weighted by Crippen LogP contribution is 2.28. The molecule has 4 heteroatoms. The van der Waals surface area contributed by atoms with Crippen molar-refractivity contribution in [1.82, 2.24) is 4.57 Å². The Morgan fingerprint density at radius 2 is 1.91 bits per heavy atom. The Balaban J connectivity index is 2.67. The van der Waals surface area contributed by atoms with Crippen molar-refractivity contribution in [1.29, 1.82) is 0 Å². The maximum atomic E-state index is 12.8. The van der Waals surface area contributed by atoms with Gasteiger partial charge in [0.1, 0.15) is 0 Å². The normalized spacial score (nSPS) is 12.0. The number of fused-ring (bicyclic) bond motifs is 1. The van der Waals surface area contributed by atoms with Crippen LogP contribution in [0, 0.1) is 12.3 Å². The topological polar surface area (TPSA) is 48.3 Å². The molecular formula is C18H21NO3. The van der Waals surface area contributed by atoms with Gasteiger partial charge in [0.05, 0.1) is 12.6 Å². The van der Waals surface area contributed by atoms with Crippen LogP contribution in [0.1, 0.15) is 36.8 Å². The predicted molar refractivity (Wildman–Crippen MR) is 87.8 cm³/mol. The van der Waals surface area contributed by atoms with Crippen LogP contribution in [0.5, 0.6) is 0 Å². The van der Waals surface area contributed by atoms with E-state index in [-0.39, 0.29) is 5.91 Å². The van der Waals surface area contributed by atoms with Gasteiger partial charge in [0.15, 0.2) is 0 Å². The summed E-state index contributed by atoms with van der Waals surface area (Å²) in [5.41, 5.74) is 2.03. The highest BCUT2D eigenvalue weighted by atomic mass is 16.5. The van der Waals surface area contributed by atoms with Gasteiger partial charge in [-0.15, -0.1) is 0 Å². The van der Waals surface area contributed by atoms with E-state index in [1.165, 1.54) is 13.2 Å². The minimum absolute atomic E-state index is 0.0268. The molecule has 0 aliphatic rings. The Morgan fingerprint density at radius 1 is 1.23 bits per heavy atom. The van der Waals surface area contributed by atoms with Gasteiger partial charge in [-0.3, -0.25) is 9.36 Å². The summed E-state index contributed by atoms with van der Waals surface area (Å²) in [5.74, 6) is -0.395. The van der Waals surface area contributed by atoms with E-state index in [1.807, 2.05) is 52.0 Å². The molecule has 1 heterocycles. The zero-order chi connectivity index (χ0) is 16.5. The van der Waals surface area contributed by atoms with E-state index < -0.39 is 11.4 Å². The number of carbonyl (C=O) groups is 2. The summed E-state index contributed by atoms with van der Waals surface area (Å²) in [5, 5.41) is 0.974. The summed E-state index contributed by atoms with van der Waals surface area (Å²) in [6.07, 6.45) is 3.04. The van der Waals surface area contributed by atoms with Gasteiger partial charge >= 0.3 is 5.97 Å². The fraction of sp³-hybridized carbons (Fsp3) is 0.333. The van der Waals surface area contributed by atoms with Crippen LogP contribution in [0.15, 0.2) is 30.3 Å². The zero-order valence-electron chi connectivity index (χ0n) is 13.6. The largest absolute Gasteiger partial charge is 0.466 e. The van der Waals surface area contributed by atoms with Gasteiger partial charge in [0.25, 0.3) is 0 Å². The fourth-order valence-corrected chi connectivity index (χ4v) is 2.38. The van der Waals surface area contributed by atoms with Crippen molar-refractivity contribution in [3.05, 3.63) is 41.6 Å². The molecule has 0 saturated heterocycles. The average molecular weight is 299 g/mol. The Labute approximate surface area is 130 Å². The number of rotatable bonds is 2.